The lowest BCUT2D eigenvalue weighted by Gasteiger charge is -2.08. The smallest absolute Gasteiger partial charge is 0.0963 e. The number of nitrogens with one attached hydrogen (secondary N) is 1. The standard InChI is InChI=1S/C13H21NOS/c1-11(2)8-14-9-12-4-6-13(7-5-12)16-10-15-3/h4-7,11,14H,8-10H2,1-3H3. The summed E-state index contributed by atoms with van der Waals surface area (Å²) in [4.78, 5) is 1.26. The number of rotatable bonds is 7. The van der Waals surface area contributed by atoms with E-state index in [1.54, 1.807) is 18.9 Å². The fourth-order valence-electron chi connectivity index (χ4n) is 1.34. The molecule has 0 aliphatic heterocycles. The number of methoxy groups -OCH3 is 1. The normalized spacial score (nSPS) is 11.0. The van der Waals surface area contributed by atoms with Gasteiger partial charge in [-0.1, -0.05) is 37.7 Å². The molecule has 0 saturated carbocycles. The Bertz CT molecular complexity index is 284. The Morgan fingerprint density at radius 2 is 1.94 bits per heavy atom. The number of benzene rings is 1. The summed E-state index contributed by atoms with van der Waals surface area (Å²) in [5.74, 6) is 1.42. The summed E-state index contributed by atoms with van der Waals surface area (Å²) < 4.78 is 5.02. The van der Waals surface area contributed by atoms with Gasteiger partial charge in [-0.2, -0.15) is 0 Å². The Kier molecular flexibility index (Phi) is 6.53. The molecular formula is C13H21NOS. The van der Waals surface area contributed by atoms with E-state index in [4.69, 9.17) is 4.74 Å². The molecule has 90 valence electrons. The quantitative estimate of drug-likeness (QED) is 0.583. The topological polar surface area (TPSA) is 21.3 Å². The molecule has 1 N–H and O–H groups in total. The SMILES string of the molecule is COCSc1ccc(CNCC(C)C)cc1. The van der Waals surface area contributed by atoms with Gasteiger partial charge in [-0.15, -0.1) is 0 Å². The predicted octanol–water partition coefficient (Wildman–Crippen LogP) is 3.13. The Hall–Kier alpha value is -0.510. The first-order chi connectivity index (χ1) is 7.72. The second-order valence-corrected chi connectivity index (χ2v) is 5.22. The van der Waals surface area contributed by atoms with E-state index in [0.717, 1.165) is 13.1 Å². The van der Waals surface area contributed by atoms with Crippen LogP contribution in [0.3, 0.4) is 0 Å². The fraction of sp³-hybridized carbons (Fsp3) is 0.538. The summed E-state index contributed by atoms with van der Waals surface area (Å²) in [5.41, 5.74) is 1.34. The van der Waals surface area contributed by atoms with Crippen molar-refractivity contribution in [1.82, 2.24) is 5.32 Å². The fourth-order valence-corrected chi connectivity index (χ4v) is 1.92. The van der Waals surface area contributed by atoms with Crippen molar-refractivity contribution in [3.63, 3.8) is 0 Å². The molecule has 3 heteroatoms. The second kappa shape index (κ2) is 7.71. The Labute approximate surface area is 103 Å². The zero-order chi connectivity index (χ0) is 11.8. The third-order valence-corrected chi connectivity index (χ3v) is 3.11. The van der Waals surface area contributed by atoms with Crippen molar-refractivity contribution < 1.29 is 4.74 Å². The van der Waals surface area contributed by atoms with Crippen LogP contribution in [0.2, 0.25) is 0 Å². The van der Waals surface area contributed by atoms with Gasteiger partial charge < -0.3 is 10.1 Å². The van der Waals surface area contributed by atoms with Gasteiger partial charge in [0.1, 0.15) is 0 Å². The first-order valence-electron chi connectivity index (χ1n) is 5.63. The molecule has 0 amide bonds. The monoisotopic (exact) mass is 239 g/mol. The first kappa shape index (κ1) is 13.6. The molecule has 0 spiro atoms. The summed E-state index contributed by atoms with van der Waals surface area (Å²) in [5, 5.41) is 3.43. The Balaban J connectivity index is 2.33. The molecule has 0 saturated heterocycles. The maximum absolute atomic E-state index is 5.02. The summed E-state index contributed by atoms with van der Waals surface area (Å²) >= 11 is 1.72. The van der Waals surface area contributed by atoms with Gasteiger partial charge in [0.05, 0.1) is 5.94 Å². The number of hydrogen-bond donors (Lipinski definition) is 1. The lowest BCUT2D eigenvalue weighted by atomic mass is 10.2. The molecule has 0 bridgehead atoms. The van der Waals surface area contributed by atoms with E-state index >= 15 is 0 Å². The first-order valence-corrected chi connectivity index (χ1v) is 6.62. The molecule has 0 unspecified atom stereocenters. The van der Waals surface area contributed by atoms with Crippen LogP contribution in [0.15, 0.2) is 29.2 Å². The van der Waals surface area contributed by atoms with Crippen molar-refractivity contribution in [3.8, 4) is 0 Å². The molecule has 0 aliphatic carbocycles. The molecule has 0 radical (unpaired) electrons. The minimum absolute atomic E-state index is 0.705. The van der Waals surface area contributed by atoms with Crippen LogP contribution in [0.5, 0.6) is 0 Å². The van der Waals surface area contributed by atoms with Crippen LogP contribution >= 0.6 is 11.8 Å². The number of hydrogen-bond acceptors (Lipinski definition) is 3. The Morgan fingerprint density at radius 3 is 2.50 bits per heavy atom. The van der Waals surface area contributed by atoms with Gasteiger partial charge in [0.25, 0.3) is 0 Å². The Morgan fingerprint density at radius 1 is 1.25 bits per heavy atom. The summed E-state index contributed by atoms with van der Waals surface area (Å²) in [6.07, 6.45) is 0. The van der Waals surface area contributed by atoms with E-state index in [-0.39, 0.29) is 0 Å². The number of thioether (sulfide) groups is 1. The third kappa shape index (κ3) is 5.54. The molecule has 1 aromatic carbocycles. The van der Waals surface area contributed by atoms with Crippen LogP contribution in [0.4, 0.5) is 0 Å². The van der Waals surface area contributed by atoms with Gasteiger partial charge >= 0.3 is 0 Å². The highest BCUT2D eigenvalue weighted by Crippen LogP contribution is 2.18. The van der Waals surface area contributed by atoms with Gasteiger partial charge in [0, 0.05) is 18.6 Å². The number of ether oxygens (including phenoxy) is 1. The van der Waals surface area contributed by atoms with Crippen LogP contribution in [0.1, 0.15) is 19.4 Å². The van der Waals surface area contributed by atoms with Gasteiger partial charge in [-0.25, -0.2) is 0 Å². The van der Waals surface area contributed by atoms with Crippen molar-refractivity contribution >= 4 is 11.8 Å². The van der Waals surface area contributed by atoms with Crippen molar-refractivity contribution in [1.29, 1.82) is 0 Å². The molecule has 1 aromatic rings. The largest absolute Gasteiger partial charge is 0.374 e. The average Bonchev–Trinajstić information content (AvgIpc) is 2.27. The second-order valence-electron chi connectivity index (χ2n) is 4.22. The lowest BCUT2D eigenvalue weighted by molar-refractivity contribution is 0.259. The van der Waals surface area contributed by atoms with Gasteiger partial charge in [0.15, 0.2) is 0 Å². The van der Waals surface area contributed by atoms with E-state index in [2.05, 4.69) is 43.4 Å². The maximum atomic E-state index is 5.02. The van der Waals surface area contributed by atoms with Crippen LogP contribution in [0, 0.1) is 5.92 Å². The van der Waals surface area contributed by atoms with Crippen molar-refractivity contribution in [2.24, 2.45) is 5.92 Å². The highest BCUT2D eigenvalue weighted by Gasteiger charge is 1.96. The molecule has 0 fully saturated rings. The van der Waals surface area contributed by atoms with E-state index in [9.17, 15) is 0 Å². The van der Waals surface area contributed by atoms with Crippen LogP contribution in [-0.4, -0.2) is 19.6 Å². The van der Waals surface area contributed by atoms with Gasteiger partial charge in [-0.05, 0) is 30.2 Å². The zero-order valence-electron chi connectivity index (χ0n) is 10.3. The summed E-state index contributed by atoms with van der Waals surface area (Å²) in [7, 11) is 1.72. The van der Waals surface area contributed by atoms with Gasteiger partial charge in [-0.3, -0.25) is 0 Å². The summed E-state index contributed by atoms with van der Waals surface area (Å²) in [6.45, 7) is 6.46. The van der Waals surface area contributed by atoms with E-state index in [1.807, 2.05) is 0 Å². The summed E-state index contributed by atoms with van der Waals surface area (Å²) in [6, 6.07) is 8.64. The molecule has 0 atom stereocenters. The van der Waals surface area contributed by atoms with E-state index < -0.39 is 0 Å². The van der Waals surface area contributed by atoms with Crippen molar-refractivity contribution in [2.45, 2.75) is 25.3 Å². The molecular weight excluding hydrogens is 218 g/mol. The van der Waals surface area contributed by atoms with Crippen molar-refractivity contribution in [3.05, 3.63) is 29.8 Å². The van der Waals surface area contributed by atoms with Crippen LogP contribution in [0.25, 0.3) is 0 Å². The van der Waals surface area contributed by atoms with Crippen LogP contribution < -0.4 is 5.32 Å². The van der Waals surface area contributed by atoms with E-state index in [0.29, 0.717) is 11.9 Å². The molecule has 2 nitrogen and oxygen atoms in total. The zero-order valence-corrected chi connectivity index (χ0v) is 11.1. The highest BCUT2D eigenvalue weighted by atomic mass is 32.2. The molecule has 0 heterocycles. The van der Waals surface area contributed by atoms with Crippen molar-refractivity contribution in [2.75, 3.05) is 19.6 Å². The third-order valence-electron chi connectivity index (χ3n) is 2.15. The highest BCUT2D eigenvalue weighted by molar-refractivity contribution is 7.99. The lowest BCUT2D eigenvalue weighted by Crippen LogP contribution is -2.18. The maximum Gasteiger partial charge on any atom is 0.0963 e. The molecule has 1 rings (SSSR count). The predicted molar refractivity (Wildman–Crippen MR) is 70.7 cm³/mol. The van der Waals surface area contributed by atoms with E-state index in [1.165, 1.54) is 10.5 Å². The molecule has 16 heavy (non-hydrogen) atoms. The molecule has 0 aliphatic rings. The minimum Gasteiger partial charge on any atom is -0.374 e. The minimum atomic E-state index is 0.705. The molecule has 0 aromatic heterocycles. The van der Waals surface area contributed by atoms with Gasteiger partial charge in [0.2, 0.25) is 0 Å². The van der Waals surface area contributed by atoms with Crippen LogP contribution in [-0.2, 0) is 11.3 Å². The average molecular weight is 239 g/mol.